The second-order valence-corrected chi connectivity index (χ2v) is 8.34. The van der Waals surface area contributed by atoms with Gasteiger partial charge in [-0.1, -0.05) is 19.3 Å². The van der Waals surface area contributed by atoms with E-state index in [9.17, 15) is 9.90 Å². The van der Waals surface area contributed by atoms with Crippen LogP contribution in [0.25, 0.3) is 0 Å². The molecular formula is C21H29NO3. The minimum atomic E-state index is -0.646. The monoisotopic (exact) mass is 343 g/mol. The Morgan fingerprint density at radius 2 is 1.96 bits per heavy atom. The van der Waals surface area contributed by atoms with Gasteiger partial charge in [0.15, 0.2) is 5.78 Å². The van der Waals surface area contributed by atoms with E-state index in [0.29, 0.717) is 30.4 Å². The van der Waals surface area contributed by atoms with Crippen LogP contribution in [-0.4, -0.2) is 28.1 Å². The summed E-state index contributed by atoms with van der Waals surface area (Å²) < 4.78 is 6.03. The van der Waals surface area contributed by atoms with Crippen molar-refractivity contribution in [3.05, 3.63) is 23.5 Å². The van der Waals surface area contributed by atoms with E-state index in [1.165, 1.54) is 37.7 Å². The fraction of sp³-hybridized carbons (Fsp3) is 0.714. The predicted molar refractivity (Wildman–Crippen MR) is 96.0 cm³/mol. The van der Waals surface area contributed by atoms with Crippen LogP contribution in [0.1, 0.15) is 92.6 Å². The Labute approximate surface area is 150 Å². The van der Waals surface area contributed by atoms with Gasteiger partial charge in [0.2, 0.25) is 0 Å². The van der Waals surface area contributed by atoms with Gasteiger partial charge in [-0.05, 0) is 56.8 Å². The van der Waals surface area contributed by atoms with E-state index in [0.717, 1.165) is 38.0 Å². The lowest BCUT2D eigenvalue weighted by atomic mass is 9.81. The number of ether oxygens (including phenoxy) is 1. The minimum Gasteiger partial charge on any atom is -0.493 e. The van der Waals surface area contributed by atoms with Gasteiger partial charge in [-0.3, -0.25) is 9.78 Å². The van der Waals surface area contributed by atoms with Crippen molar-refractivity contribution < 1.29 is 14.6 Å². The molecule has 0 aliphatic heterocycles. The van der Waals surface area contributed by atoms with Crippen LogP contribution in [0.2, 0.25) is 0 Å². The maximum absolute atomic E-state index is 12.6. The molecule has 25 heavy (non-hydrogen) atoms. The zero-order chi connectivity index (χ0) is 17.3. The molecule has 0 aromatic carbocycles. The van der Waals surface area contributed by atoms with Crippen molar-refractivity contribution in [3.8, 4) is 5.75 Å². The Balaban J connectivity index is 1.41. The van der Waals surface area contributed by atoms with E-state index < -0.39 is 5.60 Å². The Bertz CT molecular complexity index is 628. The van der Waals surface area contributed by atoms with E-state index in [-0.39, 0.29) is 5.78 Å². The van der Waals surface area contributed by atoms with Crippen LogP contribution in [0.3, 0.4) is 0 Å². The zero-order valence-electron chi connectivity index (χ0n) is 15.0. The van der Waals surface area contributed by atoms with Gasteiger partial charge in [0, 0.05) is 24.2 Å². The van der Waals surface area contributed by atoms with Crippen molar-refractivity contribution in [2.45, 2.75) is 82.1 Å². The Morgan fingerprint density at radius 1 is 1.20 bits per heavy atom. The molecule has 3 aliphatic carbocycles. The average Bonchev–Trinajstić information content (AvgIpc) is 3.52. The summed E-state index contributed by atoms with van der Waals surface area (Å²) >= 11 is 0. The number of aromatic nitrogens is 1. The van der Waals surface area contributed by atoms with E-state index >= 15 is 0 Å². The molecule has 1 N–H and O–H groups in total. The van der Waals surface area contributed by atoms with Gasteiger partial charge in [0.05, 0.1) is 12.2 Å². The van der Waals surface area contributed by atoms with Gasteiger partial charge in [-0.25, -0.2) is 0 Å². The maximum atomic E-state index is 12.6. The van der Waals surface area contributed by atoms with Crippen molar-refractivity contribution >= 4 is 5.78 Å². The van der Waals surface area contributed by atoms with Crippen LogP contribution < -0.4 is 4.74 Å². The second kappa shape index (κ2) is 7.06. The maximum Gasteiger partial charge on any atom is 0.181 e. The number of hydrogen-bond donors (Lipinski definition) is 1. The first-order chi connectivity index (χ1) is 12.1. The summed E-state index contributed by atoms with van der Waals surface area (Å²) in [4.78, 5) is 17.0. The third-order valence-electron chi connectivity index (χ3n) is 5.97. The zero-order valence-corrected chi connectivity index (χ0v) is 15.0. The number of nitrogens with zero attached hydrogens (tertiary/aromatic N) is 1. The summed E-state index contributed by atoms with van der Waals surface area (Å²) in [5.74, 6) is 2.15. The van der Waals surface area contributed by atoms with Crippen molar-refractivity contribution in [1.29, 1.82) is 0 Å². The van der Waals surface area contributed by atoms with Crippen LogP contribution in [0.4, 0.5) is 0 Å². The van der Waals surface area contributed by atoms with Crippen LogP contribution in [-0.2, 0) is 0 Å². The molecule has 3 saturated carbocycles. The normalized spacial score (nSPS) is 22.6. The Hall–Kier alpha value is -1.42. The largest absolute Gasteiger partial charge is 0.493 e. The summed E-state index contributed by atoms with van der Waals surface area (Å²) in [6.07, 6.45) is 12.7. The molecule has 0 unspecified atom stereocenters. The molecule has 0 spiro atoms. The third-order valence-corrected chi connectivity index (χ3v) is 5.97. The number of pyridine rings is 1. The van der Waals surface area contributed by atoms with Gasteiger partial charge >= 0.3 is 0 Å². The highest BCUT2D eigenvalue weighted by Crippen LogP contribution is 2.44. The van der Waals surface area contributed by atoms with Gasteiger partial charge in [-0.15, -0.1) is 0 Å². The minimum absolute atomic E-state index is 0.0256. The molecule has 0 radical (unpaired) electrons. The molecule has 3 fully saturated rings. The number of rotatable bonds is 8. The third kappa shape index (κ3) is 4.41. The number of carbonyl (C=O) groups excluding carboxylic acids is 1. The Morgan fingerprint density at radius 3 is 2.64 bits per heavy atom. The molecule has 1 aromatic rings. The standard InChI is InChI=1S/C21H29NO3/c23-19(8-11-21(24)9-2-1-3-10-21)18-12-20(25-14-15-4-5-15)17(13-22-18)16-6-7-16/h12-13,15-16,24H,1-11,14H2. The van der Waals surface area contributed by atoms with Crippen LogP contribution in [0.5, 0.6) is 5.75 Å². The molecule has 0 saturated heterocycles. The topological polar surface area (TPSA) is 59.4 Å². The van der Waals surface area contributed by atoms with Gasteiger partial charge in [0.1, 0.15) is 11.4 Å². The highest BCUT2D eigenvalue weighted by molar-refractivity contribution is 5.94. The second-order valence-electron chi connectivity index (χ2n) is 8.34. The molecule has 0 atom stereocenters. The van der Waals surface area contributed by atoms with E-state index in [1.807, 2.05) is 12.3 Å². The van der Waals surface area contributed by atoms with E-state index in [1.54, 1.807) is 0 Å². The van der Waals surface area contributed by atoms with Gasteiger partial charge in [-0.2, -0.15) is 0 Å². The van der Waals surface area contributed by atoms with Crippen molar-refractivity contribution in [2.24, 2.45) is 5.92 Å². The summed E-state index contributed by atoms with van der Waals surface area (Å²) in [5.41, 5.74) is 1.02. The van der Waals surface area contributed by atoms with Crippen molar-refractivity contribution in [3.63, 3.8) is 0 Å². The molecule has 136 valence electrons. The lowest BCUT2D eigenvalue weighted by molar-refractivity contribution is -0.00458. The van der Waals surface area contributed by atoms with Gasteiger partial charge < -0.3 is 9.84 Å². The molecular weight excluding hydrogens is 314 g/mol. The molecule has 3 aliphatic rings. The van der Waals surface area contributed by atoms with Crippen molar-refractivity contribution in [1.82, 2.24) is 4.98 Å². The molecule has 4 heteroatoms. The quantitative estimate of drug-likeness (QED) is 0.711. The van der Waals surface area contributed by atoms with Crippen LogP contribution >= 0.6 is 0 Å². The summed E-state index contributed by atoms with van der Waals surface area (Å²) in [6, 6.07) is 1.85. The number of hydrogen-bond acceptors (Lipinski definition) is 4. The number of Topliss-reactive ketones (excluding diaryl/α,β-unsaturated/α-hetero) is 1. The Kier molecular flexibility index (Phi) is 4.81. The predicted octanol–water partition coefficient (Wildman–Crippen LogP) is 4.41. The molecule has 0 amide bonds. The van der Waals surface area contributed by atoms with Crippen LogP contribution in [0.15, 0.2) is 12.3 Å². The summed E-state index contributed by atoms with van der Waals surface area (Å²) in [6.45, 7) is 0.761. The highest BCUT2D eigenvalue weighted by Gasteiger charge is 2.31. The molecule has 1 aromatic heterocycles. The molecule has 1 heterocycles. The lowest BCUT2D eigenvalue weighted by Crippen LogP contribution is -2.31. The number of ketones is 1. The summed E-state index contributed by atoms with van der Waals surface area (Å²) in [5, 5.41) is 10.6. The van der Waals surface area contributed by atoms with E-state index in [4.69, 9.17) is 4.74 Å². The van der Waals surface area contributed by atoms with Crippen molar-refractivity contribution in [2.75, 3.05) is 6.61 Å². The summed E-state index contributed by atoms with van der Waals surface area (Å²) in [7, 11) is 0. The highest BCUT2D eigenvalue weighted by atomic mass is 16.5. The average molecular weight is 343 g/mol. The van der Waals surface area contributed by atoms with Crippen LogP contribution in [0, 0.1) is 5.92 Å². The first kappa shape index (κ1) is 17.0. The smallest absolute Gasteiger partial charge is 0.181 e. The fourth-order valence-electron chi connectivity index (χ4n) is 3.85. The number of aliphatic hydroxyl groups is 1. The SMILES string of the molecule is O=C(CCC1(O)CCCCC1)c1cc(OCC2CC2)c(C2CC2)cn1. The van der Waals surface area contributed by atoms with E-state index in [2.05, 4.69) is 4.98 Å². The fourth-order valence-corrected chi connectivity index (χ4v) is 3.85. The molecule has 0 bridgehead atoms. The van der Waals surface area contributed by atoms with Gasteiger partial charge in [0.25, 0.3) is 0 Å². The molecule has 4 nitrogen and oxygen atoms in total. The first-order valence-electron chi connectivity index (χ1n) is 10.0. The first-order valence-corrected chi connectivity index (χ1v) is 10.0. The number of carbonyl (C=O) groups is 1. The molecule has 4 rings (SSSR count). The lowest BCUT2D eigenvalue weighted by Gasteiger charge is -2.31.